The van der Waals surface area contributed by atoms with Crippen molar-refractivity contribution in [1.82, 2.24) is 20.0 Å². The van der Waals surface area contributed by atoms with E-state index in [1.807, 2.05) is 19.0 Å². The number of benzene rings is 2. The Kier molecular flexibility index (Phi) is 8.71. The van der Waals surface area contributed by atoms with Crippen LogP contribution in [-0.4, -0.2) is 105 Å². The number of likely N-dealkylation sites (tertiary alicyclic amines) is 1. The number of rotatable bonds is 8. The van der Waals surface area contributed by atoms with Crippen LogP contribution >= 0.6 is 0 Å². The number of amides is 3. The molecule has 2 heterocycles. The number of likely N-dealkylation sites (N-methyl/N-ethyl adjacent to an activating group) is 1. The molecule has 3 amide bonds. The first-order chi connectivity index (χ1) is 18.7. The number of carbonyl (C=O) groups is 3. The Bertz CT molecular complexity index is 1200. The number of methoxy groups -OCH3 is 2. The molecule has 0 radical (unpaired) electrons. The zero-order valence-electron chi connectivity index (χ0n) is 22.7. The largest absolute Gasteiger partial charge is 0.493 e. The van der Waals surface area contributed by atoms with Gasteiger partial charge in [-0.15, -0.1) is 0 Å². The molecule has 2 aliphatic heterocycles. The molecular weight excluding hydrogens is 507 g/mol. The molecule has 2 aromatic carbocycles. The van der Waals surface area contributed by atoms with Crippen molar-refractivity contribution in [3.05, 3.63) is 59.4 Å². The molecule has 39 heavy (non-hydrogen) atoms. The van der Waals surface area contributed by atoms with Crippen molar-refractivity contribution in [1.29, 1.82) is 0 Å². The van der Waals surface area contributed by atoms with E-state index in [0.717, 1.165) is 0 Å². The number of nitrogens with one attached hydrogen (secondary N) is 1. The lowest BCUT2D eigenvalue weighted by atomic mass is 9.96. The summed E-state index contributed by atoms with van der Waals surface area (Å²) in [5, 5.41) is 2.89. The minimum Gasteiger partial charge on any atom is -0.493 e. The van der Waals surface area contributed by atoms with E-state index in [1.165, 1.54) is 43.4 Å². The fourth-order valence-corrected chi connectivity index (χ4v) is 5.03. The van der Waals surface area contributed by atoms with E-state index in [4.69, 9.17) is 14.2 Å². The van der Waals surface area contributed by atoms with E-state index >= 15 is 0 Å². The number of hydrogen-bond acceptors (Lipinski definition) is 7. The molecule has 1 N–H and O–H groups in total. The summed E-state index contributed by atoms with van der Waals surface area (Å²) in [4.78, 5) is 45.3. The van der Waals surface area contributed by atoms with Crippen molar-refractivity contribution >= 4 is 17.7 Å². The summed E-state index contributed by atoms with van der Waals surface area (Å²) in [5.74, 6) is -0.393. The second-order valence-corrected chi connectivity index (χ2v) is 9.91. The normalized spacial score (nSPS) is 18.4. The summed E-state index contributed by atoms with van der Waals surface area (Å²) in [5.41, 5.74) is -0.354. The lowest BCUT2D eigenvalue weighted by molar-refractivity contribution is -0.128. The fourth-order valence-electron chi connectivity index (χ4n) is 5.03. The molecule has 2 aromatic rings. The van der Waals surface area contributed by atoms with Crippen molar-refractivity contribution < 1.29 is 33.0 Å². The summed E-state index contributed by atoms with van der Waals surface area (Å²) in [6.45, 7) is 1.72. The van der Waals surface area contributed by atoms with Crippen LogP contribution in [-0.2, 0) is 9.53 Å². The summed E-state index contributed by atoms with van der Waals surface area (Å²) >= 11 is 0. The van der Waals surface area contributed by atoms with Crippen LogP contribution < -0.4 is 14.8 Å². The minimum atomic E-state index is -1.07. The van der Waals surface area contributed by atoms with E-state index < -0.39 is 23.5 Å². The molecule has 0 unspecified atom stereocenters. The van der Waals surface area contributed by atoms with Crippen molar-refractivity contribution in [2.45, 2.75) is 24.6 Å². The van der Waals surface area contributed by atoms with Crippen LogP contribution in [0.15, 0.2) is 42.5 Å². The van der Waals surface area contributed by atoms with Crippen molar-refractivity contribution in [3.63, 3.8) is 0 Å². The van der Waals surface area contributed by atoms with Crippen molar-refractivity contribution in [2.75, 3.05) is 61.1 Å². The monoisotopic (exact) mass is 542 g/mol. The van der Waals surface area contributed by atoms with Gasteiger partial charge < -0.3 is 29.3 Å². The number of nitrogens with zero attached hydrogens (tertiary/aromatic N) is 3. The average molecular weight is 543 g/mol. The van der Waals surface area contributed by atoms with E-state index in [1.54, 1.807) is 23.1 Å². The van der Waals surface area contributed by atoms with Gasteiger partial charge in [-0.1, -0.05) is 0 Å². The third-order valence-corrected chi connectivity index (χ3v) is 7.19. The van der Waals surface area contributed by atoms with E-state index in [-0.39, 0.29) is 24.0 Å². The van der Waals surface area contributed by atoms with Gasteiger partial charge in [-0.3, -0.25) is 19.3 Å². The fraction of sp³-hybridized carbons (Fsp3) is 0.464. The maximum atomic E-state index is 13.7. The standard InChI is InChI=1S/C28H35FN4O6/c1-31(2)16-13-30-25(34)22-18-39-28(33(22)27(36)19-5-8-21(29)9-6-19)11-14-32(15-12-28)26(35)20-7-10-23(37-3)24(17-20)38-4/h5-10,17,22H,11-16,18H2,1-4H3,(H,30,34)/t22-/m0/s1. The molecule has 0 saturated carbocycles. The summed E-state index contributed by atoms with van der Waals surface area (Å²) < 4.78 is 30.4. The van der Waals surface area contributed by atoms with Crippen LogP contribution in [0.4, 0.5) is 4.39 Å². The molecular formula is C28H35FN4O6. The smallest absolute Gasteiger partial charge is 0.256 e. The third kappa shape index (κ3) is 5.99. The molecule has 0 aromatic heterocycles. The van der Waals surface area contributed by atoms with Crippen LogP contribution in [0.25, 0.3) is 0 Å². The Balaban J connectivity index is 1.54. The molecule has 4 rings (SSSR count). The Hall–Kier alpha value is -3.70. The van der Waals surface area contributed by atoms with Gasteiger partial charge >= 0.3 is 0 Å². The van der Waals surface area contributed by atoms with Gasteiger partial charge in [-0.05, 0) is 56.6 Å². The first-order valence-electron chi connectivity index (χ1n) is 12.9. The quantitative estimate of drug-likeness (QED) is 0.545. The first-order valence-corrected chi connectivity index (χ1v) is 12.9. The zero-order valence-corrected chi connectivity index (χ0v) is 22.7. The van der Waals surface area contributed by atoms with Gasteiger partial charge in [0, 0.05) is 50.1 Å². The van der Waals surface area contributed by atoms with Gasteiger partial charge in [0.15, 0.2) is 11.5 Å². The topological polar surface area (TPSA) is 101 Å². The highest BCUT2D eigenvalue weighted by Crippen LogP contribution is 2.39. The van der Waals surface area contributed by atoms with E-state index in [2.05, 4.69) is 5.32 Å². The number of halogens is 1. The second-order valence-electron chi connectivity index (χ2n) is 9.91. The van der Waals surface area contributed by atoms with Gasteiger partial charge in [-0.2, -0.15) is 0 Å². The van der Waals surface area contributed by atoms with Gasteiger partial charge in [0.05, 0.1) is 20.8 Å². The van der Waals surface area contributed by atoms with Crippen LogP contribution in [0.2, 0.25) is 0 Å². The Morgan fingerprint density at radius 3 is 2.26 bits per heavy atom. The molecule has 2 fully saturated rings. The molecule has 10 nitrogen and oxygen atoms in total. The highest BCUT2D eigenvalue weighted by atomic mass is 19.1. The van der Waals surface area contributed by atoms with Crippen LogP contribution in [0.5, 0.6) is 11.5 Å². The minimum absolute atomic E-state index is 0.0321. The average Bonchev–Trinajstić information content (AvgIpc) is 3.30. The summed E-state index contributed by atoms with van der Waals surface area (Å²) in [6, 6.07) is 9.38. The first kappa shape index (κ1) is 28.3. The maximum Gasteiger partial charge on any atom is 0.256 e. The summed E-state index contributed by atoms with van der Waals surface area (Å²) in [7, 11) is 6.84. The number of carbonyl (C=O) groups excluding carboxylic acids is 3. The summed E-state index contributed by atoms with van der Waals surface area (Å²) in [6.07, 6.45) is 0.640. The lowest BCUT2D eigenvalue weighted by Crippen LogP contribution is -2.60. The molecule has 0 bridgehead atoms. The molecule has 2 saturated heterocycles. The lowest BCUT2D eigenvalue weighted by Gasteiger charge is -2.44. The SMILES string of the molecule is COc1ccc(C(=O)N2CCC3(CC2)OC[C@@H](C(=O)NCCN(C)C)N3C(=O)c2ccc(F)cc2)cc1OC. The van der Waals surface area contributed by atoms with Gasteiger partial charge in [0.2, 0.25) is 5.91 Å². The maximum absolute atomic E-state index is 13.7. The van der Waals surface area contributed by atoms with E-state index in [0.29, 0.717) is 56.1 Å². The van der Waals surface area contributed by atoms with Crippen LogP contribution in [0, 0.1) is 5.82 Å². The van der Waals surface area contributed by atoms with Gasteiger partial charge in [0.1, 0.15) is 17.6 Å². The van der Waals surface area contributed by atoms with Crippen LogP contribution in [0.3, 0.4) is 0 Å². The zero-order chi connectivity index (χ0) is 28.2. The van der Waals surface area contributed by atoms with Gasteiger partial charge in [-0.25, -0.2) is 4.39 Å². The molecule has 1 spiro atoms. The van der Waals surface area contributed by atoms with Crippen molar-refractivity contribution in [3.8, 4) is 11.5 Å². The third-order valence-electron chi connectivity index (χ3n) is 7.19. The Morgan fingerprint density at radius 1 is 1.00 bits per heavy atom. The Labute approximate surface area is 227 Å². The highest BCUT2D eigenvalue weighted by Gasteiger charge is 2.54. The molecule has 2 aliphatic rings. The predicted octanol–water partition coefficient (Wildman–Crippen LogP) is 1.99. The number of hydrogen-bond donors (Lipinski definition) is 1. The van der Waals surface area contributed by atoms with Crippen molar-refractivity contribution in [2.24, 2.45) is 0 Å². The predicted molar refractivity (Wildman–Crippen MR) is 141 cm³/mol. The molecule has 0 aliphatic carbocycles. The molecule has 210 valence electrons. The van der Waals surface area contributed by atoms with Gasteiger partial charge in [0.25, 0.3) is 11.8 Å². The second kappa shape index (κ2) is 12.0. The van der Waals surface area contributed by atoms with Crippen LogP contribution in [0.1, 0.15) is 33.6 Å². The Morgan fingerprint density at radius 2 is 1.64 bits per heavy atom. The highest BCUT2D eigenvalue weighted by molar-refractivity contribution is 5.98. The number of ether oxygens (including phenoxy) is 3. The molecule has 1 atom stereocenters. The molecule has 11 heteroatoms. The van der Waals surface area contributed by atoms with E-state index in [9.17, 15) is 18.8 Å². The number of piperidine rings is 1.